The van der Waals surface area contributed by atoms with E-state index in [0.29, 0.717) is 5.56 Å². The first-order valence-electron chi connectivity index (χ1n) is 4.29. The van der Waals surface area contributed by atoms with Crippen molar-refractivity contribution in [2.24, 2.45) is 0 Å². The first-order valence-corrected chi connectivity index (χ1v) is 4.29. The predicted molar refractivity (Wildman–Crippen MR) is 52.1 cm³/mol. The Hall–Kier alpha value is -1.48. The van der Waals surface area contributed by atoms with Gasteiger partial charge in [0.05, 0.1) is 0 Å². The number of hydrogen-bond acceptors (Lipinski definition) is 3. The van der Waals surface area contributed by atoms with Crippen LogP contribution in [-0.4, -0.2) is 22.3 Å². The second-order valence-corrected chi connectivity index (χ2v) is 3.32. The summed E-state index contributed by atoms with van der Waals surface area (Å²) in [6.45, 7) is 2.41. The van der Waals surface area contributed by atoms with Crippen LogP contribution in [0.15, 0.2) is 30.3 Å². The maximum atomic E-state index is 11.6. The molecule has 1 aromatic carbocycles. The second kappa shape index (κ2) is 3.72. The van der Waals surface area contributed by atoms with E-state index in [9.17, 15) is 14.7 Å². The van der Waals surface area contributed by atoms with Crippen LogP contribution >= 0.6 is 0 Å². The number of ketones is 2. The van der Waals surface area contributed by atoms with Crippen molar-refractivity contribution in [1.82, 2.24) is 0 Å². The Morgan fingerprint density at radius 3 is 2.14 bits per heavy atom. The number of hydrogen-bond donors (Lipinski definition) is 1. The molecule has 1 atom stereocenters. The van der Waals surface area contributed by atoms with Crippen molar-refractivity contribution in [1.29, 1.82) is 0 Å². The van der Waals surface area contributed by atoms with E-state index in [-0.39, 0.29) is 0 Å². The summed E-state index contributed by atoms with van der Waals surface area (Å²) in [6, 6.07) is 8.27. The molecular weight excluding hydrogens is 180 g/mol. The van der Waals surface area contributed by atoms with Crippen LogP contribution in [0.5, 0.6) is 0 Å². The van der Waals surface area contributed by atoms with Crippen molar-refractivity contribution in [3.8, 4) is 0 Å². The van der Waals surface area contributed by atoms with Gasteiger partial charge in [-0.2, -0.15) is 0 Å². The van der Waals surface area contributed by atoms with E-state index >= 15 is 0 Å². The highest BCUT2D eigenvalue weighted by atomic mass is 16.3. The Morgan fingerprint density at radius 2 is 1.71 bits per heavy atom. The normalized spacial score (nSPS) is 14.5. The predicted octanol–water partition coefficient (Wildman–Crippen LogP) is 1.21. The van der Waals surface area contributed by atoms with Gasteiger partial charge in [-0.15, -0.1) is 0 Å². The van der Waals surface area contributed by atoms with E-state index in [0.717, 1.165) is 0 Å². The number of aliphatic hydroxyl groups is 1. The Labute approximate surface area is 82.4 Å². The zero-order chi connectivity index (χ0) is 10.8. The molecule has 1 N–H and O–H groups in total. The molecule has 1 unspecified atom stereocenters. The molecule has 14 heavy (non-hydrogen) atoms. The van der Waals surface area contributed by atoms with E-state index in [1.54, 1.807) is 30.3 Å². The maximum absolute atomic E-state index is 11.6. The SMILES string of the molecule is CC(=O)C(C)(O)C(=O)c1ccccc1. The van der Waals surface area contributed by atoms with Gasteiger partial charge in [0.15, 0.2) is 11.4 Å². The van der Waals surface area contributed by atoms with Gasteiger partial charge in [0.25, 0.3) is 0 Å². The highest BCUT2D eigenvalue weighted by molar-refractivity contribution is 6.16. The van der Waals surface area contributed by atoms with Gasteiger partial charge in [0, 0.05) is 5.56 Å². The molecule has 0 fully saturated rings. The maximum Gasteiger partial charge on any atom is 0.201 e. The lowest BCUT2D eigenvalue weighted by Gasteiger charge is -2.17. The van der Waals surface area contributed by atoms with Crippen molar-refractivity contribution in [3.63, 3.8) is 0 Å². The van der Waals surface area contributed by atoms with Gasteiger partial charge < -0.3 is 5.11 Å². The average Bonchev–Trinajstić information content (AvgIpc) is 2.17. The van der Waals surface area contributed by atoms with Crippen LogP contribution in [0, 0.1) is 0 Å². The molecule has 0 heterocycles. The monoisotopic (exact) mass is 192 g/mol. The molecule has 3 heteroatoms. The molecule has 1 rings (SSSR count). The zero-order valence-corrected chi connectivity index (χ0v) is 8.15. The van der Waals surface area contributed by atoms with E-state index in [2.05, 4.69) is 0 Å². The minimum atomic E-state index is -1.92. The van der Waals surface area contributed by atoms with E-state index in [1.165, 1.54) is 13.8 Å². The van der Waals surface area contributed by atoms with Gasteiger partial charge in [-0.3, -0.25) is 9.59 Å². The van der Waals surface area contributed by atoms with Crippen LogP contribution in [0.3, 0.4) is 0 Å². The highest BCUT2D eigenvalue weighted by Gasteiger charge is 2.35. The van der Waals surface area contributed by atoms with Crippen LogP contribution < -0.4 is 0 Å². The Kier molecular flexibility index (Phi) is 2.81. The molecule has 0 aromatic heterocycles. The van der Waals surface area contributed by atoms with E-state index in [1.807, 2.05) is 0 Å². The molecule has 0 bridgehead atoms. The first-order chi connectivity index (χ1) is 6.46. The van der Waals surface area contributed by atoms with Crippen LogP contribution in [0.25, 0.3) is 0 Å². The van der Waals surface area contributed by atoms with Gasteiger partial charge in [0.1, 0.15) is 0 Å². The minimum absolute atomic E-state index is 0.340. The number of benzene rings is 1. The molecular formula is C11H12O3. The summed E-state index contributed by atoms with van der Waals surface area (Å²) in [5.41, 5.74) is -1.57. The fourth-order valence-electron chi connectivity index (χ4n) is 1.03. The average molecular weight is 192 g/mol. The molecule has 1 aromatic rings. The molecule has 74 valence electrons. The Bertz CT molecular complexity index is 352. The van der Waals surface area contributed by atoms with Gasteiger partial charge in [-0.25, -0.2) is 0 Å². The highest BCUT2D eigenvalue weighted by Crippen LogP contribution is 2.13. The molecule has 0 aliphatic rings. The van der Waals surface area contributed by atoms with Gasteiger partial charge in [-0.1, -0.05) is 30.3 Å². The number of carbonyl (C=O) groups is 2. The number of Topliss-reactive ketones (excluding diaryl/α,β-unsaturated/α-hetero) is 2. The molecule has 0 aliphatic carbocycles. The third-order valence-corrected chi connectivity index (χ3v) is 2.16. The Balaban J connectivity index is 3.03. The van der Waals surface area contributed by atoms with Crippen LogP contribution in [-0.2, 0) is 4.79 Å². The molecule has 0 saturated carbocycles. The molecule has 0 amide bonds. The van der Waals surface area contributed by atoms with E-state index < -0.39 is 17.2 Å². The lowest BCUT2D eigenvalue weighted by Crippen LogP contribution is -2.42. The zero-order valence-electron chi connectivity index (χ0n) is 8.15. The lowest BCUT2D eigenvalue weighted by molar-refractivity contribution is -0.129. The summed E-state index contributed by atoms with van der Waals surface area (Å²) in [7, 11) is 0. The van der Waals surface area contributed by atoms with Crippen molar-refractivity contribution >= 4 is 11.6 Å². The number of rotatable bonds is 3. The fourth-order valence-corrected chi connectivity index (χ4v) is 1.03. The Morgan fingerprint density at radius 1 is 1.21 bits per heavy atom. The molecule has 0 saturated heterocycles. The number of carbonyl (C=O) groups excluding carboxylic acids is 2. The summed E-state index contributed by atoms with van der Waals surface area (Å²) in [4.78, 5) is 22.6. The van der Waals surface area contributed by atoms with Crippen molar-refractivity contribution in [3.05, 3.63) is 35.9 Å². The van der Waals surface area contributed by atoms with E-state index in [4.69, 9.17) is 0 Å². The van der Waals surface area contributed by atoms with Gasteiger partial charge in [0.2, 0.25) is 5.78 Å². The third kappa shape index (κ3) is 1.88. The summed E-state index contributed by atoms with van der Waals surface area (Å²) >= 11 is 0. The summed E-state index contributed by atoms with van der Waals surface area (Å²) in [5.74, 6) is -1.11. The quantitative estimate of drug-likeness (QED) is 0.578. The largest absolute Gasteiger partial charge is 0.374 e. The second-order valence-electron chi connectivity index (χ2n) is 3.32. The summed E-state index contributed by atoms with van der Waals surface area (Å²) in [6.07, 6.45) is 0. The molecule has 0 radical (unpaired) electrons. The molecule has 3 nitrogen and oxygen atoms in total. The molecule has 0 aliphatic heterocycles. The summed E-state index contributed by atoms with van der Waals surface area (Å²) in [5, 5.41) is 9.61. The van der Waals surface area contributed by atoms with Gasteiger partial charge >= 0.3 is 0 Å². The van der Waals surface area contributed by atoms with Crippen molar-refractivity contribution in [2.75, 3.05) is 0 Å². The lowest BCUT2D eigenvalue weighted by atomic mass is 9.91. The smallest absolute Gasteiger partial charge is 0.201 e. The fraction of sp³-hybridized carbons (Fsp3) is 0.273. The van der Waals surface area contributed by atoms with Crippen LogP contribution in [0.4, 0.5) is 0 Å². The van der Waals surface area contributed by atoms with Crippen molar-refractivity contribution in [2.45, 2.75) is 19.4 Å². The first kappa shape index (κ1) is 10.6. The topological polar surface area (TPSA) is 54.4 Å². The molecule has 0 spiro atoms. The summed E-state index contributed by atoms with van der Waals surface area (Å²) < 4.78 is 0. The van der Waals surface area contributed by atoms with Gasteiger partial charge in [-0.05, 0) is 13.8 Å². The standard InChI is InChI=1S/C11H12O3/c1-8(12)11(2,14)10(13)9-6-4-3-5-7-9/h3-7,14H,1-2H3. The van der Waals surface area contributed by atoms with Crippen LogP contribution in [0.1, 0.15) is 24.2 Å². The van der Waals surface area contributed by atoms with Crippen molar-refractivity contribution < 1.29 is 14.7 Å². The van der Waals surface area contributed by atoms with Crippen LogP contribution in [0.2, 0.25) is 0 Å². The minimum Gasteiger partial charge on any atom is -0.374 e. The third-order valence-electron chi connectivity index (χ3n) is 2.16.